The molecule has 0 aliphatic carbocycles. The molecule has 15 heteroatoms. The van der Waals surface area contributed by atoms with Crippen molar-refractivity contribution < 1.29 is 37.8 Å². The van der Waals surface area contributed by atoms with Gasteiger partial charge < -0.3 is 25.4 Å². The van der Waals surface area contributed by atoms with Crippen LogP contribution in [0, 0.1) is 0 Å². The van der Waals surface area contributed by atoms with Crippen LogP contribution in [0.25, 0.3) is 11.2 Å². The van der Waals surface area contributed by atoms with Crippen LogP contribution >= 0.6 is 7.82 Å². The SMILES string of the molecule is COc1cnccc1C1CCOP(=O)(OC[C@H]2O[C@@H](n3cnc4c(N)ncnc43)[C@](C)(O)[C@@H]2O)O1. The number of anilines is 1. The Hall–Kier alpha value is -2.71. The molecule has 3 aromatic heterocycles. The molecule has 5 rings (SSSR count). The number of fused-ring (bicyclic) bond motifs is 1. The predicted molar refractivity (Wildman–Crippen MR) is 119 cm³/mol. The Balaban J connectivity index is 1.31. The average Bonchev–Trinajstić information content (AvgIpc) is 3.37. The number of imidazole rings is 1. The molecule has 4 N–H and O–H groups in total. The van der Waals surface area contributed by atoms with Crippen LogP contribution in [-0.2, 0) is 22.9 Å². The summed E-state index contributed by atoms with van der Waals surface area (Å²) in [7, 11) is -2.52. The van der Waals surface area contributed by atoms with Crippen LogP contribution in [0.15, 0.2) is 31.1 Å². The van der Waals surface area contributed by atoms with Crippen LogP contribution in [0.3, 0.4) is 0 Å². The highest BCUT2D eigenvalue weighted by molar-refractivity contribution is 7.48. The number of phosphoric acid groups is 1. The molecule has 2 fully saturated rings. The monoisotopic (exact) mass is 508 g/mol. The van der Waals surface area contributed by atoms with Gasteiger partial charge in [0.2, 0.25) is 0 Å². The van der Waals surface area contributed by atoms with Gasteiger partial charge in [0.1, 0.15) is 41.5 Å². The van der Waals surface area contributed by atoms with Gasteiger partial charge in [-0.2, -0.15) is 0 Å². The van der Waals surface area contributed by atoms with Gasteiger partial charge in [-0.05, 0) is 13.0 Å². The second-order valence-corrected chi connectivity index (χ2v) is 9.98. The maximum atomic E-state index is 13.2. The van der Waals surface area contributed by atoms with Gasteiger partial charge >= 0.3 is 7.82 Å². The van der Waals surface area contributed by atoms with Crippen molar-refractivity contribution in [1.29, 1.82) is 0 Å². The number of aromatic nitrogens is 5. The Morgan fingerprint density at radius 2 is 2.20 bits per heavy atom. The normalized spacial score (nSPS) is 33.3. The first-order valence-corrected chi connectivity index (χ1v) is 12.2. The number of aliphatic hydroxyl groups excluding tert-OH is 1. The Bertz CT molecular complexity index is 1270. The minimum Gasteiger partial charge on any atom is -0.495 e. The van der Waals surface area contributed by atoms with Crippen LogP contribution < -0.4 is 10.5 Å². The molecule has 2 aliphatic rings. The first-order chi connectivity index (χ1) is 16.7. The fraction of sp³-hybridized carbons (Fsp3) is 0.500. The summed E-state index contributed by atoms with van der Waals surface area (Å²) in [5, 5.41) is 21.8. The molecule has 0 spiro atoms. The molecule has 0 saturated carbocycles. The van der Waals surface area contributed by atoms with E-state index in [2.05, 4.69) is 19.9 Å². The number of nitrogens with zero attached hydrogens (tertiary/aromatic N) is 5. The van der Waals surface area contributed by atoms with E-state index in [4.69, 9.17) is 28.8 Å². The summed E-state index contributed by atoms with van der Waals surface area (Å²) in [6.07, 6.45) is 1.99. The van der Waals surface area contributed by atoms with Crippen molar-refractivity contribution in [3.8, 4) is 5.75 Å². The molecule has 3 aromatic rings. The highest BCUT2D eigenvalue weighted by Crippen LogP contribution is 2.58. The van der Waals surface area contributed by atoms with Crippen LogP contribution in [0.2, 0.25) is 0 Å². The molecule has 0 bridgehead atoms. The van der Waals surface area contributed by atoms with Crippen molar-refractivity contribution in [2.75, 3.05) is 26.1 Å². The quantitative estimate of drug-likeness (QED) is 0.403. The van der Waals surface area contributed by atoms with Gasteiger partial charge in [0.05, 0.1) is 32.8 Å². The van der Waals surface area contributed by atoms with Gasteiger partial charge in [0.15, 0.2) is 17.7 Å². The predicted octanol–water partition coefficient (Wildman–Crippen LogP) is 1.12. The van der Waals surface area contributed by atoms with Gasteiger partial charge in [-0.3, -0.25) is 23.1 Å². The van der Waals surface area contributed by atoms with Gasteiger partial charge in [0, 0.05) is 18.2 Å². The van der Waals surface area contributed by atoms with Gasteiger partial charge in [-0.25, -0.2) is 19.5 Å². The average molecular weight is 508 g/mol. The minimum absolute atomic E-state index is 0.115. The molecule has 0 amide bonds. The summed E-state index contributed by atoms with van der Waals surface area (Å²) in [4.78, 5) is 16.2. The molecular formula is C20H25N6O8P. The number of hydrogen-bond donors (Lipinski definition) is 3. The van der Waals surface area contributed by atoms with E-state index >= 15 is 0 Å². The van der Waals surface area contributed by atoms with Crippen molar-refractivity contribution in [2.24, 2.45) is 0 Å². The highest BCUT2D eigenvalue weighted by Gasteiger charge is 2.54. The number of rotatable bonds is 6. The van der Waals surface area contributed by atoms with E-state index in [-0.39, 0.29) is 19.0 Å². The minimum atomic E-state index is -4.02. The molecule has 2 aliphatic heterocycles. The fourth-order valence-corrected chi connectivity index (χ4v) is 5.59. The number of nitrogen functional groups attached to an aromatic ring is 1. The number of nitrogens with two attached hydrogens (primary N) is 1. The Morgan fingerprint density at radius 1 is 1.37 bits per heavy atom. The number of pyridine rings is 1. The smallest absolute Gasteiger partial charge is 0.475 e. The Kier molecular flexibility index (Phi) is 6.21. The van der Waals surface area contributed by atoms with E-state index in [1.165, 1.54) is 37.5 Å². The van der Waals surface area contributed by atoms with Crippen molar-refractivity contribution in [3.63, 3.8) is 0 Å². The molecule has 14 nitrogen and oxygen atoms in total. The number of hydrogen-bond acceptors (Lipinski definition) is 13. The van der Waals surface area contributed by atoms with E-state index in [1.807, 2.05) is 0 Å². The summed E-state index contributed by atoms with van der Waals surface area (Å²) < 4.78 is 42.3. The lowest BCUT2D eigenvalue weighted by Crippen LogP contribution is -2.44. The van der Waals surface area contributed by atoms with Crippen molar-refractivity contribution in [2.45, 2.75) is 43.5 Å². The van der Waals surface area contributed by atoms with Crippen molar-refractivity contribution in [1.82, 2.24) is 24.5 Å². The largest absolute Gasteiger partial charge is 0.495 e. The first kappa shape index (κ1) is 24.0. The number of phosphoric ester groups is 1. The third-order valence-electron chi connectivity index (χ3n) is 6.06. The van der Waals surface area contributed by atoms with E-state index in [0.29, 0.717) is 28.9 Å². The van der Waals surface area contributed by atoms with Gasteiger partial charge in [-0.15, -0.1) is 0 Å². The molecule has 188 valence electrons. The highest BCUT2D eigenvalue weighted by atomic mass is 31.2. The molecule has 0 aromatic carbocycles. The van der Waals surface area contributed by atoms with E-state index < -0.39 is 38.0 Å². The van der Waals surface area contributed by atoms with Crippen LogP contribution in [0.5, 0.6) is 5.75 Å². The maximum absolute atomic E-state index is 13.2. The van der Waals surface area contributed by atoms with E-state index in [9.17, 15) is 14.8 Å². The molecular weight excluding hydrogens is 483 g/mol. The third kappa shape index (κ3) is 4.27. The third-order valence-corrected chi connectivity index (χ3v) is 7.54. The summed E-state index contributed by atoms with van der Waals surface area (Å²) in [6.45, 7) is 1.14. The number of aliphatic hydroxyl groups is 2. The molecule has 2 saturated heterocycles. The fourth-order valence-electron chi connectivity index (χ4n) is 4.20. The Morgan fingerprint density at radius 3 is 3.00 bits per heavy atom. The van der Waals surface area contributed by atoms with Crippen LogP contribution in [-0.4, -0.2) is 72.8 Å². The van der Waals surface area contributed by atoms with Crippen molar-refractivity contribution in [3.05, 3.63) is 36.7 Å². The molecule has 0 radical (unpaired) electrons. The molecule has 5 heterocycles. The standard InChI is InChI=1S/C20H25N6O8P/c1-20(28)16(27)14(33-19(20)26-10-25-15-17(21)23-9-24-18(15)26)8-32-35(29)31-6-4-12(34-35)11-3-5-22-7-13(11)30-2/h3,5,7,9-10,12,14,16,19,27-28H,4,6,8H2,1-2H3,(H2,21,23,24)/t12?,14-,16-,19-,20-,35?/m1/s1. The first-order valence-electron chi connectivity index (χ1n) is 10.8. The van der Waals surface area contributed by atoms with Gasteiger partial charge in [-0.1, -0.05) is 0 Å². The number of ether oxygens (including phenoxy) is 2. The lowest BCUT2D eigenvalue weighted by atomic mass is 9.96. The lowest BCUT2D eigenvalue weighted by Gasteiger charge is -2.30. The molecule has 35 heavy (non-hydrogen) atoms. The summed E-state index contributed by atoms with van der Waals surface area (Å²) in [5.74, 6) is 0.647. The van der Waals surface area contributed by atoms with Crippen LogP contribution in [0.4, 0.5) is 5.82 Å². The summed E-state index contributed by atoms with van der Waals surface area (Å²) in [5.41, 5.74) is 5.37. The zero-order valence-corrected chi connectivity index (χ0v) is 19.8. The van der Waals surface area contributed by atoms with Crippen LogP contribution in [0.1, 0.15) is 31.2 Å². The topological polar surface area (TPSA) is 186 Å². The second-order valence-electron chi connectivity index (χ2n) is 8.36. The van der Waals surface area contributed by atoms with E-state index in [0.717, 1.165) is 0 Å². The van der Waals surface area contributed by atoms with Gasteiger partial charge in [0.25, 0.3) is 0 Å². The summed E-state index contributed by atoms with van der Waals surface area (Å²) in [6, 6.07) is 1.70. The Labute approximate surface area is 199 Å². The zero-order valence-electron chi connectivity index (χ0n) is 18.9. The molecule has 2 unspecified atom stereocenters. The summed E-state index contributed by atoms with van der Waals surface area (Å²) >= 11 is 0. The van der Waals surface area contributed by atoms with E-state index in [1.54, 1.807) is 12.3 Å². The lowest BCUT2D eigenvalue weighted by molar-refractivity contribution is -0.0953. The zero-order chi connectivity index (χ0) is 24.8. The maximum Gasteiger partial charge on any atom is 0.475 e. The second kappa shape index (κ2) is 9.06. The molecule has 6 atom stereocenters. The van der Waals surface area contributed by atoms with Crippen molar-refractivity contribution >= 4 is 24.8 Å². The number of methoxy groups -OCH3 is 1.